The van der Waals surface area contributed by atoms with Crippen LogP contribution >= 0.6 is 0 Å². The molecule has 0 unspecified atom stereocenters. The van der Waals surface area contributed by atoms with Gasteiger partial charge in [-0.3, -0.25) is 14.4 Å². The predicted octanol–water partition coefficient (Wildman–Crippen LogP) is 1.56. The van der Waals surface area contributed by atoms with Gasteiger partial charge in [-0.1, -0.05) is 26.8 Å². The largest absolute Gasteiger partial charge is 0.342 e. The summed E-state index contributed by atoms with van der Waals surface area (Å²) in [4.78, 5) is 40.5. The maximum Gasteiger partial charge on any atom is 0.258 e. The number of nitrogens with zero attached hydrogens (tertiary/aromatic N) is 2. The van der Waals surface area contributed by atoms with Gasteiger partial charge in [-0.15, -0.1) is 0 Å². The highest BCUT2D eigenvalue weighted by Gasteiger charge is 2.32. The van der Waals surface area contributed by atoms with Crippen molar-refractivity contribution in [1.29, 1.82) is 0 Å². The van der Waals surface area contributed by atoms with Crippen molar-refractivity contribution in [3.63, 3.8) is 0 Å². The monoisotopic (exact) mass is 337 g/mol. The van der Waals surface area contributed by atoms with Gasteiger partial charge in [0.1, 0.15) is 6.04 Å². The minimum absolute atomic E-state index is 0.00446. The van der Waals surface area contributed by atoms with Gasteiger partial charge >= 0.3 is 0 Å². The second-order valence-electron chi connectivity index (χ2n) is 6.52. The molecule has 1 heterocycles. The lowest BCUT2D eigenvalue weighted by molar-refractivity contribution is -0.139. The Labute approximate surface area is 145 Å². The van der Waals surface area contributed by atoms with Crippen LogP contribution in [0.15, 0.2) is 12.2 Å². The van der Waals surface area contributed by atoms with Crippen LogP contribution in [0.5, 0.6) is 0 Å². The van der Waals surface area contributed by atoms with Gasteiger partial charge in [0.25, 0.3) is 11.8 Å². The van der Waals surface area contributed by atoms with E-state index in [1.807, 2.05) is 25.7 Å². The number of likely N-dealkylation sites (N-methyl/N-ethyl adjacent to an activating group) is 1. The van der Waals surface area contributed by atoms with Gasteiger partial charge < -0.3 is 15.1 Å². The predicted molar refractivity (Wildman–Crippen MR) is 94.3 cm³/mol. The van der Waals surface area contributed by atoms with E-state index in [0.29, 0.717) is 6.54 Å². The molecule has 2 atom stereocenters. The topological polar surface area (TPSA) is 69.7 Å². The second kappa shape index (κ2) is 9.45. The number of rotatable bonds is 7. The van der Waals surface area contributed by atoms with Crippen LogP contribution in [0.1, 0.15) is 46.5 Å². The molecule has 0 spiro atoms. The Bertz CT molecular complexity index is 484. The Morgan fingerprint density at radius 3 is 2.25 bits per heavy atom. The summed E-state index contributed by atoms with van der Waals surface area (Å²) in [6.45, 7) is 11.3. The molecule has 1 N–H and O–H groups in total. The molecule has 1 aliphatic rings. The summed E-state index contributed by atoms with van der Waals surface area (Å²) < 4.78 is 0. The summed E-state index contributed by atoms with van der Waals surface area (Å²) >= 11 is 0. The number of piperidine rings is 1. The van der Waals surface area contributed by atoms with E-state index in [9.17, 15) is 14.4 Å². The zero-order chi connectivity index (χ0) is 18.3. The molecule has 1 fully saturated rings. The van der Waals surface area contributed by atoms with Crippen molar-refractivity contribution < 1.29 is 14.4 Å². The maximum absolute atomic E-state index is 12.8. The molecule has 24 heavy (non-hydrogen) atoms. The Hall–Kier alpha value is -1.85. The van der Waals surface area contributed by atoms with E-state index in [-0.39, 0.29) is 17.4 Å². The second-order valence-corrected chi connectivity index (χ2v) is 6.52. The first kappa shape index (κ1) is 20.2. The van der Waals surface area contributed by atoms with Gasteiger partial charge in [0.2, 0.25) is 5.91 Å². The molecule has 0 aromatic carbocycles. The van der Waals surface area contributed by atoms with Crippen LogP contribution in [0.25, 0.3) is 0 Å². The minimum atomic E-state index is -0.614. The van der Waals surface area contributed by atoms with Crippen LogP contribution in [0.2, 0.25) is 0 Å². The van der Waals surface area contributed by atoms with E-state index in [1.165, 1.54) is 4.90 Å². The fraction of sp³-hybridized carbons (Fsp3) is 0.722. The third kappa shape index (κ3) is 5.08. The number of hydrogen-bond acceptors (Lipinski definition) is 3. The first-order valence-corrected chi connectivity index (χ1v) is 8.87. The lowest BCUT2D eigenvalue weighted by Crippen LogP contribution is -2.53. The normalized spacial score (nSPS) is 16.9. The Morgan fingerprint density at radius 2 is 1.75 bits per heavy atom. The van der Waals surface area contributed by atoms with Gasteiger partial charge in [-0.25, -0.2) is 0 Å². The Morgan fingerprint density at radius 1 is 1.17 bits per heavy atom. The van der Waals surface area contributed by atoms with E-state index in [0.717, 1.165) is 38.8 Å². The maximum atomic E-state index is 12.8. The molecule has 1 saturated heterocycles. The molecule has 0 aromatic rings. The minimum Gasteiger partial charge on any atom is -0.342 e. The van der Waals surface area contributed by atoms with E-state index < -0.39 is 17.9 Å². The molecule has 6 nitrogen and oxygen atoms in total. The molecule has 0 bridgehead atoms. The SMILES string of the molecule is C=C(C(=O)N[C@H](C(=O)N1CCCCC1)[C@@H](C)CC)C(=O)N(C)CC. The zero-order valence-electron chi connectivity index (χ0n) is 15.4. The number of likely N-dealkylation sites (tertiary alicyclic amines) is 1. The van der Waals surface area contributed by atoms with Crippen LogP contribution in [-0.2, 0) is 14.4 Å². The fourth-order valence-corrected chi connectivity index (χ4v) is 2.69. The number of amides is 3. The van der Waals surface area contributed by atoms with Crippen LogP contribution in [0, 0.1) is 5.92 Å². The average molecular weight is 337 g/mol. The number of carbonyl (C=O) groups excluding carboxylic acids is 3. The van der Waals surface area contributed by atoms with Crippen LogP contribution in [0.4, 0.5) is 0 Å². The van der Waals surface area contributed by atoms with Gasteiger partial charge in [0.05, 0.1) is 5.57 Å². The molecule has 1 aliphatic heterocycles. The number of carbonyl (C=O) groups is 3. The highest BCUT2D eigenvalue weighted by Crippen LogP contribution is 2.16. The first-order valence-electron chi connectivity index (χ1n) is 8.87. The summed E-state index contributed by atoms with van der Waals surface area (Å²) in [5.74, 6) is -1.03. The van der Waals surface area contributed by atoms with Gasteiger partial charge in [-0.2, -0.15) is 0 Å². The van der Waals surface area contributed by atoms with Crippen LogP contribution < -0.4 is 5.32 Å². The van der Waals surface area contributed by atoms with E-state index >= 15 is 0 Å². The fourth-order valence-electron chi connectivity index (χ4n) is 2.69. The van der Waals surface area contributed by atoms with Crippen molar-refractivity contribution in [3.8, 4) is 0 Å². The molecule has 136 valence electrons. The van der Waals surface area contributed by atoms with E-state index in [4.69, 9.17) is 0 Å². The van der Waals surface area contributed by atoms with Crippen molar-refractivity contribution in [3.05, 3.63) is 12.2 Å². The summed E-state index contributed by atoms with van der Waals surface area (Å²) in [6.07, 6.45) is 3.90. The summed E-state index contributed by atoms with van der Waals surface area (Å²) in [5, 5.41) is 2.75. The Balaban J connectivity index is 2.81. The molecule has 0 saturated carbocycles. The number of nitrogens with one attached hydrogen (secondary N) is 1. The van der Waals surface area contributed by atoms with E-state index in [1.54, 1.807) is 7.05 Å². The Kier molecular flexibility index (Phi) is 7.95. The van der Waals surface area contributed by atoms with Crippen molar-refractivity contribution in [2.45, 2.75) is 52.5 Å². The molecule has 6 heteroatoms. The van der Waals surface area contributed by atoms with Crippen molar-refractivity contribution in [2.24, 2.45) is 5.92 Å². The van der Waals surface area contributed by atoms with Gasteiger partial charge in [-0.05, 0) is 32.1 Å². The van der Waals surface area contributed by atoms with Crippen LogP contribution in [0.3, 0.4) is 0 Å². The van der Waals surface area contributed by atoms with Gasteiger partial charge in [0, 0.05) is 26.7 Å². The molecule has 0 radical (unpaired) electrons. The van der Waals surface area contributed by atoms with Crippen LogP contribution in [-0.4, -0.2) is 60.2 Å². The molecule has 0 aliphatic carbocycles. The first-order chi connectivity index (χ1) is 11.3. The third-order valence-corrected chi connectivity index (χ3v) is 4.79. The van der Waals surface area contributed by atoms with Crippen molar-refractivity contribution >= 4 is 17.7 Å². The summed E-state index contributed by atoms with van der Waals surface area (Å²) in [7, 11) is 1.62. The van der Waals surface area contributed by atoms with Crippen molar-refractivity contribution in [2.75, 3.05) is 26.7 Å². The molecular weight excluding hydrogens is 306 g/mol. The number of hydrogen-bond donors (Lipinski definition) is 1. The highest BCUT2D eigenvalue weighted by molar-refractivity contribution is 6.18. The van der Waals surface area contributed by atoms with Gasteiger partial charge in [0.15, 0.2) is 0 Å². The molecule has 1 rings (SSSR count). The highest BCUT2D eigenvalue weighted by atomic mass is 16.2. The van der Waals surface area contributed by atoms with E-state index in [2.05, 4.69) is 11.9 Å². The summed E-state index contributed by atoms with van der Waals surface area (Å²) in [5.41, 5.74) is -0.126. The third-order valence-electron chi connectivity index (χ3n) is 4.79. The standard InChI is InChI=1S/C18H31N3O3/c1-6-13(3)15(18(24)21-11-9-8-10-12-21)19-16(22)14(4)17(23)20(5)7-2/h13,15H,4,6-12H2,1-3,5H3,(H,19,22)/t13-,15-/m0/s1. The molecular formula is C18H31N3O3. The van der Waals surface area contributed by atoms with Crippen molar-refractivity contribution in [1.82, 2.24) is 15.1 Å². The quantitative estimate of drug-likeness (QED) is 0.435. The zero-order valence-corrected chi connectivity index (χ0v) is 15.4. The molecule has 0 aromatic heterocycles. The molecule has 3 amide bonds. The smallest absolute Gasteiger partial charge is 0.258 e. The average Bonchev–Trinajstić information content (AvgIpc) is 2.63. The summed E-state index contributed by atoms with van der Waals surface area (Å²) in [6, 6.07) is -0.614. The lowest BCUT2D eigenvalue weighted by atomic mass is 9.96. The lowest BCUT2D eigenvalue weighted by Gasteiger charge is -2.33.